The first-order valence-electron chi connectivity index (χ1n) is 4.97. The first-order chi connectivity index (χ1) is 5.29. The molecule has 0 bridgehead atoms. The van der Waals surface area contributed by atoms with Crippen LogP contribution >= 0.6 is 0 Å². The molecule has 11 heavy (non-hydrogen) atoms. The van der Waals surface area contributed by atoms with Gasteiger partial charge in [0.2, 0.25) is 0 Å². The fourth-order valence-corrected chi connectivity index (χ4v) is 3.66. The van der Waals surface area contributed by atoms with E-state index in [0.717, 1.165) is 5.41 Å². The Labute approximate surface area is 68.7 Å². The maximum absolute atomic E-state index is 4.23. The lowest BCUT2D eigenvalue weighted by Crippen LogP contribution is -2.36. The minimum atomic E-state index is 0.687. The molecule has 0 aromatic carbocycles. The molecular formula is C11H16. The van der Waals surface area contributed by atoms with Gasteiger partial charge in [-0.15, -0.1) is 0 Å². The second-order valence-corrected chi connectivity index (χ2v) is 4.82. The summed E-state index contributed by atoms with van der Waals surface area (Å²) in [4.78, 5) is 0. The normalized spacial score (nSPS) is 44.9. The Morgan fingerprint density at radius 3 is 2.18 bits per heavy atom. The Kier molecular flexibility index (Phi) is 0.898. The van der Waals surface area contributed by atoms with Crippen LogP contribution in [0.15, 0.2) is 12.2 Å². The molecule has 0 aliphatic heterocycles. The number of rotatable bonds is 0. The van der Waals surface area contributed by atoms with Crippen molar-refractivity contribution in [3.8, 4) is 0 Å². The third kappa shape index (κ3) is 0.513. The standard InChI is InChI=1S/C11H16/c1-9-3-6-11(9)5-2-4-10(11)7-8-10/h1-8H2. The van der Waals surface area contributed by atoms with E-state index in [-0.39, 0.29) is 0 Å². The molecule has 0 saturated heterocycles. The average molecular weight is 148 g/mol. The Balaban J connectivity index is 2.01. The summed E-state index contributed by atoms with van der Waals surface area (Å²) in [6, 6.07) is 0. The Morgan fingerprint density at radius 2 is 1.82 bits per heavy atom. The van der Waals surface area contributed by atoms with Crippen LogP contribution in [0.4, 0.5) is 0 Å². The van der Waals surface area contributed by atoms with E-state index in [4.69, 9.17) is 0 Å². The summed E-state index contributed by atoms with van der Waals surface area (Å²) in [5.41, 5.74) is 3.10. The molecule has 1 atom stereocenters. The van der Waals surface area contributed by atoms with Gasteiger partial charge in [-0.2, -0.15) is 0 Å². The van der Waals surface area contributed by atoms with Gasteiger partial charge in [0.15, 0.2) is 0 Å². The maximum Gasteiger partial charge on any atom is -0.00313 e. The van der Waals surface area contributed by atoms with Crippen molar-refractivity contribution in [2.45, 2.75) is 44.9 Å². The molecule has 1 unspecified atom stereocenters. The van der Waals surface area contributed by atoms with Gasteiger partial charge in [0.05, 0.1) is 0 Å². The highest BCUT2D eigenvalue weighted by Gasteiger charge is 2.64. The summed E-state index contributed by atoms with van der Waals surface area (Å²) in [7, 11) is 0. The molecule has 0 heterocycles. The van der Waals surface area contributed by atoms with Crippen molar-refractivity contribution in [1.82, 2.24) is 0 Å². The van der Waals surface area contributed by atoms with E-state index in [1.165, 1.54) is 44.9 Å². The van der Waals surface area contributed by atoms with E-state index >= 15 is 0 Å². The van der Waals surface area contributed by atoms with Crippen LogP contribution in [-0.4, -0.2) is 0 Å². The van der Waals surface area contributed by atoms with Gasteiger partial charge in [0, 0.05) is 0 Å². The van der Waals surface area contributed by atoms with Crippen LogP contribution in [0.3, 0.4) is 0 Å². The van der Waals surface area contributed by atoms with Crippen molar-refractivity contribution >= 4 is 0 Å². The van der Waals surface area contributed by atoms with Crippen molar-refractivity contribution < 1.29 is 0 Å². The zero-order valence-electron chi connectivity index (χ0n) is 7.16. The third-order valence-electron chi connectivity index (χ3n) is 4.66. The van der Waals surface area contributed by atoms with Gasteiger partial charge in [-0.25, -0.2) is 0 Å². The number of fused-ring (bicyclic) bond motifs is 1. The molecule has 3 aliphatic rings. The highest BCUT2D eigenvalue weighted by molar-refractivity contribution is 5.31. The monoisotopic (exact) mass is 148 g/mol. The summed E-state index contributed by atoms with van der Waals surface area (Å²) < 4.78 is 0. The summed E-state index contributed by atoms with van der Waals surface area (Å²) in [6.45, 7) is 4.23. The van der Waals surface area contributed by atoms with E-state index < -0.39 is 0 Å². The van der Waals surface area contributed by atoms with Crippen molar-refractivity contribution in [2.75, 3.05) is 0 Å². The number of hydrogen-bond donors (Lipinski definition) is 0. The van der Waals surface area contributed by atoms with E-state index in [9.17, 15) is 0 Å². The molecular weight excluding hydrogens is 132 g/mol. The molecule has 0 amide bonds. The van der Waals surface area contributed by atoms with Crippen LogP contribution in [0, 0.1) is 10.8 Å². The van der Waals surface area contributed by atoms with Gasteiger partial charge >= 0.3 is 0 Å². The van der Waals surface area contributed by atoms with Gasteiger partial charge in [0.25, 0.3) is 0 Å². The van der Waals surface area contributed by atoms with E-state index in [1.807, 2.05) is 0 Å². The fraction of sp³-hybridized carbons (Fsp3) is 0.818. The zero-order valence-corrected chi connectivity index (χ0v) is 7.16. The molecule has 0 aromatic heterocycles. The quantitative estimate of drug-likeness (QED) is 0.462. The van der Waals surface area contributed by atoms with Crippen LogP contribution in [0.1, 0.15) is 44.9 Å². The molecule has 3 saturated carbocycles. The zero-order chi connectivity index (χ0) is 7.53. The van der Waals surface area contributed by atoms with Crippen LogP contribution in [0.25, 0.3) is 0 Å². The van der Waals surface area contributed by atoms with E-state index in [2.05, 4.69) is 6.58 Å². The van der Waals surface area contributed by atoms with Gasteiger partial charge in [-0.3, -0.25) is 0 Å². The highest BCUT2D eigenvalue weighted by Crippen LogP contribution is 2.75. The first-order valence-corrected chi connectivity index (χ1v) is 4.97. The Morgan fingerprint density at radius 1 is 1.00 bits per heavy atom. The van der Waals surface area contributed by atoms with Crippen LogP contribution < -0.4 is 0 Å². The van der Waals surface area contributed by atoms with Gasteiger partial charge < -0.3 is 0 Å². The summed E-state index contributed by atoms with van der Waals surface area (Å²) in [6.07, 6.45) is 10.3. The molecule has 3 fully saturated rings. The highest BCUT2D eigenvalue weighted by atomic mass is 14.7. The smallest absolute Gasteiger partial charge is 0.00313 e. The van der Waals surface area contributed by atoms with Crippen molar-refractivity contribution in [3.63, 3.8) is 0 Å². The lowest BCUT2D eigenvalue weighted by Gasteiger charge is -2.47. The van der Waals surface area contributed by atoms with Gasteiger partial charge in [-0.1, -0.05) is 18.6 Å². The lowest BCUT2D eigenvalue weighted by atomic mass is 9.58. The molecule has 0 N–H and O–H groups in total. The lowest BCUT2D eigenvalue weighted by molar-refractivity contribution is 0.147. The molecule has 0 aromatic rings. The van der Waals surface area contributed by atoms with Gasteiger partial charge in [0.1, 0.15) is 0 Å². The van der Waals surface area contributed by atoms with Crippen molar-refractivity contribution in [3.05, 3.63) is 12.2 Å². The number of hydrogen-bond acceptors (Lipinski definition) is 0. The maximum atomic E-state index is 4.23. The Hall–Kier alpha value is -0.260. The second kappa shape index (κ2) is 1.57. The van der Waals surface area contributed by atoms with Crippen LogP contribution in [-0.2, 0) is 0 Å². The van der Waals surface area contributed by atoms with Gasteiger partial charge in [-0.05, 0) is 49.4 Å². The van der Waals surface area contributed by atoms with Crippen molar-refractivity contribution in [2.24, 2.45) is 10.8 Å². The largest absolute Gasteiger partial charge is 0.0993 e. The minimum Gasteiger partial charge on any atom is -0.0993 e. The predicted molar refractivity (Wildman–Crippen MR) is 46.3 cm³/mol. The van der Waals surface area contributed by atoms with E-state index in [0.29, 0.717) is 5.41 Å². The average Bonchev–Trinajstić information content (AvgIpc) is 2.62. The van der Waals surface area contributed by atoms with Crippen LogP contribution in [0.5, 0.6) is 0 Å². The molecule has 60 valence electrons. The third-order valence-corrected chi connectivity index (χ3v) is 4.66. The summed E-state index contributed by atoms with van der Waals surface area (Å²) >= 11 is 0. The molecule has 3 rings (SSSR count). The Bertz CT molecular complexity index is 222. The number of allylic oxidation sites excluding steroid dienone is 1. The molecule has 0 heteroatoms. The first kappa shape index (κ1) is 6.28. The molecule has 3 aliphatic carbocycles. The van der Waals surface area contributed by atoms with Crippen LogP contribution in [0.2, 0.25) is 0 Å². The predicted octanol–water partition coefficient (Wildman–Crippen LogP) is 3.29. The van der Waals surface area contributed by atoms with Crippen molar-refractivity contribution in [1.29, 1.82) is 0 Å². The minimum absolute atomic E-state index is 0.687. The fourth-order valence-electron chi connectivity index (χ4n) is 3.66. The molecule has 2 spiro atoms. The molecule has 0 radical (unpaired) electrons. The SMILES string of the molecule is C=C1CCC12CCCC21CC1. The summed E-state index contributed by atoms with van der Waals surface area (Å²) in [5.74, 6) is 0. The summed E-state index contributed by atoms with van der Waals surface area (Å²) in [5, 5.41) is 0. The molecule has 0 nitrogen and oxygen atoms in total. The second-order valence-electron chi connectivity index (χ2n) is 4.82. The topological polar surface area (TPSA) is 0 Å². The van der Waals surface area contributed by atoms with E-state index in [1.54, 1.807) is 5.57 Å².